The number of hydrogen-bond acceptors (Lipinski definition) is 6. The molecule has 1 aliphatic heterocycles. The van der Waals surface area contributed by atoms with E-state index in [4.69, 9.17) is 4.74 Å². The van der Waals surface area contributed by atoms with Crippen LogP contribution in [0.5, 0.6) is 5.75 Å². The molecule has 6 rings (SSSR count). The predicted molar refractivity (Wildman–Crippen MR) is 151 cm³/mol. The average molecular weight is 536 g/mol. The zero-order chi connectivity index (χ0) is 27.8. The lowest BCUT2D eigenvalue weighted by Crippen LogP contribution is -2.43. The van der Waals surface area contributed by atoms with Gasteiger partial charge in [0.25, 0.3) is 11.1 Å². The number of nitrogens with zero attached hydrogens (tertiary/aromatic N) is 2. The third kappa shape index (κ3) is 4.35. The summed E-state index contributed by atoms with van der Waals surface area (Å²) in [6.07, 6.45) is 0. The van der Waals surface area contributed by atoms with Crippen molar-refractivity contribution in [2.75, 3.05) is 12.4 Å². The van der Waals surface area contributed by atoms with Gasteiger partial charge in [0.2, 0.25) is 0 Å². The number of benzene rings is 3. The Morgan fingerprint density at radius 2 is 1.18 bits per heavy atom. The Bertz CT molecular complexity index is 1840. The highest BCUT2D eigenvalue weighted by Gasteiger charge is 2.36. The van der Waals surface area contributed by atoms with E-state index >= 15 is 0 Å². The smallest absolute Gasteiger partial charge is 0.330 e. The summed E-state index contributed by atoms with van der Waals surface area (Å²) >= 11 is 0. The second-order valence-corrected chi connectivity index (χ2v) is 9.52. The van der Waals surface area contributed by atoms with Crippen LogP contribution in [0.1, 0.15) is 33.7 Å². The van der Waals surface area contributed by atoms with E-state index < -0.39 is 28.4 Å². The molecule has 200 valence electrons. The number of rotatable bonds is 6. The van der Waals surface area contributed by atoms with Gasteiger partial charge in [0.05, 0.1) is 37.2 Å². The first-order chi connectivity index (χ1) is 19.4. The van der Waals surface area contributed by atoms with Crippen molar-refractivity contribution in [2.24, 2.45) is 0 Å². The number of H-pyrrole nitrogens is 2. The van der Waals surface area contributed by atoms with Crippen molar-refractivity contribution in [3.63, 3.8) is 0 Å². The van der Waals surface area contributed by atoms with Gasteiger partial charge >= 0.3 is 11.4 Å². The van der Waals surface area contributed by atoms with Gasteiger partial charge in [0.15, 0.2) is 0 Å². The summed E-state index contributed by atoms with van der Waals surface area (Å²) in [5, 5.41) is 3.16. The van der Waals surface area contributed by atoms with E-state index in [1.54, 1.807) is 24.3 Å². The van der Waals surface area contributed by atoms with Crippen LogP contribution in [-0.4, -0.2) is 26.2 Å². The summed E-state index contributed by atoms with van der Waals surface area (Å²) in [4.78, 5) is 58.2. The molecule has 40 heavy (non-hydrogen) atoms. The van der Waals surface area contributed by atoms with E-state index in [1.165, 1.54) is 16.2 Å². The Hall–Kier alpha value is -5.38. The highest BCUT2D eigenvalue weighted by Crippen LogP contribution is 2.41. The number of aromatic amines is 2. The number of fused-ring (bicyclic) bond motifs is 2. The molecule has 0 saturated heterocycles. The zero-order valence-corrected chi connectivity index (χ0v) is 21.5. The van der Waals surface area contributed by atoms with Gasteiger partial charge < -0.3 is 10.1 Å². The van der Waals surface area contributed by atoms with Crippen molar-refractivity contribution < 1.29 is 4.74 Å². The minimum atomic E-state index is -0.904. The van der Waals surface area contributed by atoms with E-state index in [-0.39, 0.29) is 35.9 Å². The summed E-state index contributed by atoms with van der Waals surface area (Å²) in [5.74, 6) is 0.0516. The number of aromatic nitrogens is 4. The van der Waals surface area contributed by atoms with E-state index in [0.717, 1.165) is 11.1 Å². The largest absolute Gasteiger partial charge is 0.497 e. The Kier molecular flexibility index (Phi) is 6.27. The van der Waals surface area contributed by atoms with E-state index in [2.05, 4.69) is 15.3 Å². The van der Waals surface area contributed by atoms with Crippen molar-refractivity contribution in [2.45, 2.75) is 19.0 Å². The molecule has 0 aliphatic carbocycles. The first-order valence-corrected chi connectivity index (χ1v) is 12.7. The maximum atomic E-state index is 13.5. The van der Waals surface area contributed by atoms with Gasteiger partial charge in [-0.15, -0.1) is 0 Å². The third-order valence-electron chi connectivity index (χ3n) is 7.08. The van der Waals surface area contributed by atoms with Crippen molar-refractivity contribution in [3.05, 3.63) is 154 Å². The molecule has 0 saturated carbocycles. The maximum absolute atomic E-state index is 13.5. The monoisotopic (exact) mass is 535 g/mol. The molecule has 3 aromatic carbocycles. The Balaban J connectivity index is 1.66. The highest BCUT2D eigenvalue weighted by atomic mass is 16.5. The standard InChI is InChI=1S/C30H25N5O5/c1-40-21-14-8-13-20(15-21)22-23-25(34(29(38)32-27(23)36)16-18-9-4-2-5-10-18)31-26-24(22)28(37)33-30(39)35(26)17-19-11-6-3-7-12-19/h2-15,22,31H,16-17H2,1H3,(H,32,36,38)(H,33,37,39). The Morgan fingerprint density at radius 1 is 0.675 bits per heavy atom. The number of hydrogen-bond donors (Lipinski definition) is 3. The van der Waals surface area contributed by atoms with Gasteiger partial charge in [-0.25, -0.2) is 9.59 Å². The average Bonchev–Trinajstić information content (AvgIpc) is 2.97. The number of anilines is 2. The molecule has 0 spiro atoms. The summed E-state index contributed by atoms with van der Waals surface area (Å²) in [7, 11) is 1.53. The number of ether oxygens (including phenoxy) is 1. The van der Waals surface area contributed by atoms with Crippen LogP contribution >= 0.6 is 0 Å². The molecule has 0 bridgehead atoms. The molecule has 2 aromatic heterocycles. The molecular weight excluding hydrogens is 510 g/mol. The lowest BCUT2D eigenvalue weighted by molar-refractivity contribution is 0.414. The minimum absolute atomic E-state index is 0.151. The van der Waals surface area contributed by atoms with Gasteiger partial charge in [-0.3, -0.25) is 28.7 Å². The first kappa shape index (κ1) is 24.9. The predicted octanol–water partition coefficient (Wildman–Crippen LogP) is 2.73. The van der Waals surface area contributed by atoms with E-state index in [1.807, 2.05) is 60.7 Å². The fourth-order valence-electron chi connectivity index (χ4n) is 5.22. The second kappa shape index (κ2) is 10.1. The number of nitrogens with one attached hydrogen (secondary N) is 3. The van der Waals surface area contributed by atoms with Gasteiger partial charge in [-0.1, -0.05) is 72.8 Å². The van der Waals surface area contributed by atoms with Crippen LogP contribution in [0.2, 0.25) is 0 Å². The first-order valence-electron chi connectivity index (χ1n) is 12.7. The fourth-order valence-corrected chi connectivity index (χ4v) is 5.22. The van der Waals surface area contributed by atoms with Gasteiger partial charge in [-0.2, -0.15) is 0 Å². The van der Waals surface area contributed by atoms with Gasteiger partial charge in [0, 0.05) is 0 Å². The topological polar surface area (TPSA) is 131 Å². The summed E-state index contributed by atoms with van der Waals surface area (Å²) in [6.45, 7) is 0.302. The molecule has 0 amide bonds. The second-order valence-electron chi connectivity index (χ2n) is 9.52. The van der Waals surface area contributed by atoms with Crippen LogP contribution in [0.15, 0.2) is 104 Å². The molecule has 0 radical (unpaired) electrons. The molecule has 10 nitrogen and oxygen atoms in total. The molecule has 10 heteroatoms. The van der Waals surface area contributed by atoms with Crippen LogP contribution in [0, 0.1) is 0 Å². The summed E-state index contributed by atoms with van der Waals surface area (Å²) < 4.78 is 8.26. The molecule has 1 aliphatic rings. The zero-order valence-electron chi connectivity index (χ0n) is 21.5. The molecular formula is C30H25N5O5. The van der Waals surface area contributed by atoms with Crippen molar-refractivity contribution >= 4 is 11.6 Å². The van der Waals surface area contributed by atoms with Crippen LogP contribution < -0.4 is 32.6 Å². The Morgan fingerprint density at radius 3 is 1.65 bits per heavy atom. The van der Waals surface area contributed by atoms with Crippen LogP contribution in [0.4, 0.5) is 11.6 Å². The van der Waals surface area contributed by atoms with Gasteiger partial charge in [0.1, 0.15) is 17.4 Å². The minimum Gasteiger partial charge on any atom is -0.497 e. The van der Waals surface area contributed by atoms with Crippen LogP contribution in [0.3, 0.4) is 0 Å². The molecule has 3 N–H and O–H groups in total. The van der Waals surface area contributed by atoms with Crippen LogP contribution in [0.25, 0.3) is 0 Å². The van der Waals surface area contributed by atoms with Crippen LogP contribution in [-0.2, 0) is 13.1 Å². The molecule has 0 atom stereocenters. The van der Waals surface area contributed by atoms with Crippen molar-refractivity contribution in [1.29, 1.82) is 0 Å². The molecule has 5 aromatic rings. The van der Waals surface area contributed by atoms with E-state index in [0.29, 0.717) is 11.3 Å². The third-order valence-corrected chi connectivity index (χ3v) is 7.08. The molecule has 3 heterocycles. The SMILES string of the molecule is COc1cccc(C2c3c(n(Cc4ccccc4)c(=O)[nH]c3=O)Nc3c2c(=O)[nH]c(=O)n3Cc2ccccc2)c1. The summed E-state index contributed by atoms with van der Waals surface area (Å²) in [6, 6.07) is 25.7. The molecule has 0 unspecified atom stereocenters. The maximum Gasteiger partial charge on any atom is 0.330 e. The lowest BCUT2D eigenvalue weighted by atomic mass is 9.84. The van der Waals surface area contributed by atoms with Crippen molar-refractivity contribution in [1.82, 2.24) is 19.1 Å². The number of methoxy groups -OCH3 is 1. The van der Waals surface area contributed by atoms with Gasteiger partial charge in [-0.05, 0) is 28.8 Å². The summed E-state index contributed by atoms with van der Waals surface area (Å²) in [5.41, 5.74) is 0.136. The lowest BCUT2D eigenvalue weighted by Gasteiger charge is -2.31. The van der Waals surface area contributed by atoms with Crippen molar-refractivity contribution in [3.8, 4) is 5.75 Å². The highest BCUT2D eigenvalue weighted by molar-refractivity contribution is 5.71. The Labute approximate surface area is 227 Å². The fraction of sp³-hybridized carbons (Fsp3) is 0.133. The quantitative estimate of drug-likeness (QED) is 0.301. The normalized spacial score (nSPS) is 12.3. The molecule has 0 fully saturated rings. The van der Waals surface area contributed by atoms with E-state index in [9.17, 15) is 19.2 Å².